The van der Waals surface area contributed by atoms with E-state index >= 15 is 0 Å². The Hall–Kier alpha value is -1.51. The van der Waals surface area contributed by atoms with Crippen LogP contribution >= 0.6 is 0 Å². The molecule has 76 valence electrons. The Morgan fingerprint density at radius 3 is 3.07 bits per heavy atom. The average Bonchev–Trinajstić information content (AvgIpc) is 2.20. The van der Waals surface area contributed by atoms with Crippen LogP contribution in [0.4, 0.5) is 4.79 Å². The van der Waals surface area contributed by atoms with E-state index in [1.807, 2.05) is 19.1 Å². The van der Waals surface area contributed by atoms with Crippen LogP contribution in [0.2, 0.25) is 0 Å². The Bertz CT molecular complexity index is 292. The maximum Gasteiger partial charge on any atom is 0.414 e. The molecule has 0 N–H and O–H groups in total. The standard InChI is InChI=1S/C11H15NO2/c1-4-6-10-9(2)7-5-8-12(10)11(13)14-3/h4-5,7-8,10H,1,6H2,2-3H3. The smallest absolute Gasteiger partial charge is 0.414 e. The van der Waals surface area contributed by atoms with Crippen molar-refractivity contribution in [3.05, 3.63) is 36.6 Å². The fourth-order valence-corrected chi connectivity index (χ4v) is 1.47. The molecular weight excluding hydrogens is 178 g/mol. The second kappa shape index (κ2) is 4.65. The molecule has 1 amide bonds. The van der Waals surface area contributed by atoms with Crippen molar-refractivity contribution >= 4 is 6.09 Å². The molecule has 1 rings (SSSR count). The zero-order chi connectivity index (χ0) is 10.6. The molecule has 0 saturated carbocycles. The van der Waals surface area contributed by atoms with Gasteiger partial charge in [0.05, 0.1) is 13.2 Å². The number of hydrogen-bond acceptors (Lipinski definition) is 2. The minimum absolute atomic E-state index is 0.0462. The monoisotopic (exact) mass is 193 g/mol. The molecule has 0 saturated heterocycles. The van der Waals surface area contributed by atoms with E-state index in [2.05, 4.69) is 11.3 Å². The largest absolute Gasteiger partial charge is 0.452 e. The molecule has 1 aliphatic heterocycles. The normalized spacial score (nSPS) is 20.3. The lowest BCUT2D eigenvalue weighted by Crippen LogP contribution is -2.37. The molecule has 0 spiro atoms. The predicted molar refractivity (Wildman–Crippen MR) is 55.7 cm³/mol. The van der Waals surface area contributed by atoms with Crippen LogP contribution in [0.5, 0.6) is 0 Å². The van der Waals surface area contributed by atoms with Crippen molar-refractivity contribution in [2.75, 3.05) is 7.11 Å². The Morgan fingerprint density at radius 2 is 2.50 bits per heavy atom. The molecule has 3 nitrogen and oxygen atoms in total. The van der Waals surface area contributed by atoms with Crippen LogP contribution in [0.3, 0.4) is 0 Å². The number of carbonyl (C=O) groups is 1. The Morgan fingerprint density at radius 1 is 1.79 bits per heavy atom. The number of amides is 1. The summed E-state index contributed by atoms with van der Waals surface area (Å²) in [6.45, 7) is 5.67. The van der Waals surface area contributed by atoms with Gasteiger partial charge in [0.2, 0.25) is 0 Å². The van der Waals surface area contributed by atoms with Crippen LogP contribution in [-0.4, -0.2) is 24.1 Å². The van der Waals surface area contributed by atoms with E-state index in [1.54, 1.807) is 17.2 Å². The van der Waals surface area contributed by atoms with E-state index < -0.39 is 0 Å². The van der Waals surface area contributed by atoms with Gasteiger partial charge in [-0.2, -0.15) is 0 Å². The zero-order valence-electron chi connectivity index (χ0n) is 8.56. The van der Waals surface area contributed by atoms with Crippen molar-refractivity contribution in [3.8, 4) is 0 Å². The topological polar surface area (TPSA) is 29.5 Å². The number of allylic oxidation sites excluding steroid dienone is 2. The molecule has 14 heavy (non-hydrogen) atoms. The first-order chi connectivity index (χ1) is 6.70. The van der Waals surface area contributed by atoms with Crippen molar-refractivity contribution in [1.82, 2.24) is 4.90 Å². The van der Waals surface area contributed by atoms with Gasteiger partial charge in [-0.05, 0) is 19.4 Å². The number of rotatable bonds is 2. The van der Waals surface area contributed by atoms with Gasteiger partial charge in [0.25, 0.3) is 0 Å². The van der Waals surface area contributed by atoms with E-state index in [0.717, 1.165) is 12.0 Å². The highest BCUT2D eigenvalue weighted by atomic mass is 16.5. The van der Waals surface area contributed by atoms with E-state index in [0.29, 0.717) is 0 Å². The van der Waals surface area contributed by atoms with Crippen LogP contribution in [-0.2, 0) is 4.74 Å². The Balaban J connectivity index is 2.83. The van der Waals surface area contributed by atoms with E-state index in [1.165, 1.54) is 7.11 Å². The van der Waals surface area contributed by atoms with Gasteiger partial charge in [-0.1, -0.05) is 17.7 Å². The number of hydrogen-bond donors (Lipinski definition) is 0. The van der Waals surface area contributed by atoms with E-state index in [9.17, 15) is 4.79 Å². The first kappa shape index (κ1) is 10.6. The Labute approximate surface area is 84.3 Å². The van der Waals surface area contributed by atoms with Gasteiger partial charge in [0, 0.05) is 6.20 Å². The van der Waals surface area contributed by atoms with Crippen molar-refractivity contribution in [2.45, 2.75) is 19.4 Å². The van der Waals surface area contributed by atoms with Crippen molar-refractivity contribution < 1.29 is 9.53 Å². The lowest BCUT2D eigenvalue weighted by atomic mass is 10.0. The molecule has 0 aliphatic carbocycles. The molecule has 3 heteroatoms. The number of ether oxygens (including phenoxy) is 1. The van der Waals surface area contributed by atoms with Gasteiger partial charge in [-0.15, -0.1) is 6.58 Å². The maximum absolute atomic E-state index is 11.4. The van der Waals surface area contributed by atoms with Crippen LogP contribution in [0.1, 0.15) is 13.3 Å². The first-order valence-electron chi connectivity index (χ1n) is 4.53. The van der Waals surface area contributed by atoms with E-state index in [-0.39, 0.29) is 12.1 Å². The second-order valence-corrected chi connectivity index (χ2v) is 3.17. The summed E-state index contributed by atoms with van der Waals surface area (Å²) >= 11 is 0. The molecule has 1 aliphatic rings. The summed E-state index contributed by atoms with van der Waals surface area (Å²) in [5, 5.41) is 0. The highest BCUT2D eigenvalue weighted by molar-refractivity contribution is 5.70. The van der Waals surface area contributed by atoms with Crippen LogP contribution < -0.4 is 0 Å². The van der Waals surface area contributed by atoms with Crippen molar-refractivity contribution in [2.24, 2.45) is 0 Å². The zero-order valence-corrected chi connectivity index (χ0v) is 8.56. The summed E-state index contributed by atoms with van der Waals surface area (Å²) < 4.78 is 4.69. The molecule has 0 bridgehead atoms. The number of nitrogens with zero attached hydrogens (tertiary/aromatic N) is 1. The highest BCUT2D eigenvalue weighted by Crippen LogP contribution is 2.20. The summed E-state index contributed by atoms with van der Waals surface area (Å²) in [4.78, 5) is 13.0. The van der Waals surface area contributed by atoms with Crippen LogP contribution in [0.15, 0.2) is 36.6 Å². The maximum atomic E-state index is 11.4. The third-order valence-corrected chi connectivity index (χ3v) is 2.24. The van der Waals surface area contributed by atoms with Gasteiger partial charge < -0.3 is 4.74 Å². The van der Waals surface area contributed by atoms with Gasteiger partial charge in [-0.25, -0.2) is 4.79 Å². The molecule has 1 heterocycles. The summed E-state index contributed by atoms with van der Waals surface area (Å²) in [6, 6.07) is 0.0462. The van der Waals surface area contributed by atoms with Crippen LogP contribution in [0, 0.1) is 0 Å². The molecule has 0 aromatic heterocycles. The lowest BCUT2D eigenvalue weighted by Gasteiger charge is -2.29. The predicted octanol–water partition coefficient (Wildman–Crippen LogP) is 2.47. The minimum atomic E-state index is -0.333. The molecule has 0 aromatic carbocycles. The second-order valence-electron chi connectivity index (χ2n) is 3.17. The minimum Gasteiger partial charge on any atom is -0.452 e. The van der Waals surface area contributed by atoms with Gasteiger partial charge >= 0.3 is 6.09 Å². The SMILES string of the molecule is C=CCC1C(C)=CC=CN1C(=O)OC. The fraction of sp³-hybridized carbons (Fsp3) is 0.364. The molecule has 1 atom stereocenters. The Kier molecular flexibility index (Phi) is 3.51. The summed E-state index contributed by atoms with van der Waals surface area (Å²) in [6.07, 6.45) is 7.77. The third-order valence-electron chi connectivity index (χ3n) is 2.24. The summed E-state index contributed by atoms with van der Waals surface area (Å²) in [7, 11) is 1.38. The highest BCUT2D eigenvalue weighted by Gasteiger charge is 2.24. The van der Waals surface area contributed by atoms with Crippen LogP contribution in [0.25, 0.3) is 0 Å². The number of carbonyl (C=O) groups excluding carboxylic acids is 1. The molecular formula is C11H15NO2. The number of methoxy groups -OCH3 is 1. The summed E-state index contributed by atoms with van der Waals surface area (Å²) in [5.41, 5.74) is 1.14. The van der Waals surface area contributed by atoms with Crippen molar-refractivity contribution in [3.63, 3.8) is 0 Å². The lowest BCUT2D eigenvalue weighted by molar-refractivity contribution is 0.130. The molecule has 1 unspecified atom stereocenters. The quantitative estimate of drug-likeness (QED) is 0.630. The van der Waals surface area contributed by atoms with Gasteiger partial charge in [-0.3, -0.25) is 4.90 Å². The van der Waals surface area contributed by atoms with Gasteiger partial charge in [0.15, 0.2) is 0 Å². The third kappa shape index (κ3) is 2.05. The molecule has 0 fully saturated rings. The fourth-order valence-electron chi connectivity index (χ4n) is 1.47. The van der Waals surface area contributed by atoms with Crippen molar-refractivity contribution in [1.29, 1.82) is 0 Å². The summed E-state index contributed by atoms with van der Waals surface area (Å²) in [5.74, 6) is 0. The first-order valence-corrected chi connectivity index (χ1v) is 4.53. The molecule has 0 aromatic rings. The van der Waals surface area contributed by atoms with Gasteiger partial charge in [0.1, 0.15) is 0 Å². The average molecular weight is 193 g/mol. The molecule has 0 radical (unpaired) electrons. The van der Waals surface area contributed by atoms with E-state index in [4.69, 9.17) is 0 Å².